The molecule has 0 bridgehead atoms. The van der Waals surface area contributed by atoms with Crippen LogP contribution in [0.3, 0.4) is 0 Å². The molecule has 0 saturated carbocycles. The number of hydrogen-bond acceptors (Lipinski definition) is 3. The van der Waals surface area contributed by atoms with E-state index < -0.39 is 0 Å². The zero-order valence-corrected chi connectivity index (χ0v) is 10.4. The summed E-state index contributed by atoms with van der Waals surface area (Å²) in [5.74, 6) is 1.67. The van der Waals surface area contributed by atoms with Crippen molar-refractivity contribution in [2.45, 2.75) is 26.7 Å². The highest BCUT2D eigenvalue weighted by molar-refractivity contribution is 5.98. The summed E-state index contributed by atoms with van der Waals surface area (Å²) < 4.78 is 10.9. The van der Waals surface area contributed by atoms with Gasteiger partial charge in [0.25, 0.3) is 0 Å². The lowest BCUT2D eigenvalue weighted by Gasteiger charge is -2.19. The molecule has 0 radical (unpaired) electrons. The number of fused-ring (bicyclic) bond motifs is 1. The van der Waals surface area contributed by atoms with Gasteiger partial charge in [-0.2, -0.15) is 0 Å². The quantitative estimate of drug-likeness (QED) is 0.751. The van der Waals surface area contributed by atoms with Crippen LogP contribution in [0.25, 0.3) is 0 Å². The second-order valence-corrected chi connectivity index (χ2v) is 4.41. The van der Waals surface area contributed by atoms with E-state index in [0.717, 1.165) is 24.2 Å². The second-order valence-electron chi connectivity index (χ2n) is 4.41. The normalized spacial score (nSPS) is 15.4. The molecule has 1 atom stereocenters. The molecule has 1 unspecified atom stereocenters. The fourth-order valence-corrected chi connectivity index (χ4v) is 2.05. The van der Waals surface area contributed by atoms with Crippen LogP contribution in [0.15, 0.2) is 18.2 Å². The first-order valence-corrected chi connectivity index (χ1v) is 6.16. The Balaban J connectivity index is 2.19. The fourth-order valence-electron chi connectivity index (χ4n) is 2.05. The van der Waals surface area contributed by atoms with Gasteiger partial charge in [-0.05, 0) is 24.6 Å². The van der Waals surface area contributed by atoms with Crippen molar-refractivity contribution in [3.8, 4) is 11.5 Å². The van der Waals surface area contributed by atoms with Gasteiger partial charge in [-0.15, -0.1) is 0 Å². The summed E-state index contributed by atoms with van der Waals surface area (Å²) in [6.45, 7) is 5.19. The van der Waals surface area contributed by atoms with Gasteiger partial charge < -0.3 is 9.47 Å². The van der Waals surface area contributed by atoms with E-state index >= 15 is 0 Å². The summed E-state index contributed by atoms with van der Waals surface area (Å²) in [5.41, 5.74) is 0.718. The van der Waals surface area contributed by atoms with Crippen molar-refractivity contribution in [2.75, 3.05) is 13.2 Å². The van der Waals surface area contributed by atoms with E-state index in [2.05, 4.69) is 6.92 Å². The van der Waals surface area contributed by atoms with Gasteiger partial charge in [0, 0.05) is 11.5 Å². The summed E-state index contributed by atoms with van der Waals surface area (Å²) in [7, 11) is 0. The predicted octanol–water partition coefficient (Wildman–Crippen LogP) is 3.08. The molecule has 17 heavy (non-hydrogen) atoms. The molecular formula is C14H18O3. The Kier molecular flexibility index (Phi) is 3.67. The van der Waals surface area contributed by atoms with Gasteiger partial charge in [-0.25, -0.2) is 0 Å². The fraction of sp³-hybridized carbons (Fsp3) is 0.500. The van der Waals surface area contributed by atoms with Crippen molar-refractivity contribution >= 4 is 5.78 Å². The summed E-state index contributed by atoms with van der Waals surface area (Å²) in [4.78, 5) is 12.1. The average Bonchev–Trinajstić information content (AvgIpc) is 2.37. The highest BCUT2D eigenvalue weighted by atomic mass is 16.6. The summed E-state index contributed by atoms with van der Waals surface area (Å²) >= 11 is 0. The van der Waals surface area contributed by atoms with Gasteiger partial charge in [0.05, 0.1) is 0 Å². The Morgan fingerprint density at radius 1 is 1.29 bits per heavy atom. The summed E-state index contributed by atoms with van der Waals surface area (Å²) in [6, 6.07) is 5.44. The third-order valence-corrected chi connectivity index (χ3v) is 3.00. The molecule has 0 spiro atoms. The van der Waals surface area contributed by atoms with Gasteiger partial charge in [0.1, 0.15) is 13.2 Å². The van der Waals surface area contributed by atoms with Gasteiger partial charge in [-0.1, -0.05) is 20.3 Å². The van der Waals surface area contributed by atoms with E-state index in [1.54, 1.807) is 6.07 Å². The maximum Gasteiger partial charge on any atom is 0.165 e. The molecular weight excluding hydrogens is 216 g/mol. The zero-order valence-electron chi connectivity index (χ0n) is 10.4. The van der Waals surface area contributed by atoms with Crippen molar-refractivity contribution in [1.82, 2.24) is 0 Å². The third kappa shape index (κ3) is 2.60. The molecule has 0 saturated heterocycles. The minimum atomic E-state index is 0.0718. The van der Waals surface area contributed by atoms with E-state index in [1.807, 2.05) is 19.1 Å². The molecule has 2 rings (SSSR count). The second kappa shape index (κ2) is 5.21. The molecule has 1 aliphatic rings. The molecule has 1 aliphatic heterocycles. The van der Waals surface area contributed by atoms with Crippen molar-refractivity contribution in [1.29, 1.82) is 0 Å². The number of ketones is 1. The van der Waals surface area contributed by atoms with Crippen LogP contribution < -0.4 is 9.47 Å². The lowest BCUT2D eigenvalue weighted by Crippen LogP contribution is -2.17. The molecule has 3 nitrogen and oxygen atoms in total. The summed E-state index contributed by atoms with van der Waals surface area (Å²) in [6.07, 6.45) is 1.95. The van der Waals surface area contributed by atoms with E-state index in [4.69, 9.17) is 9.47 Å². The lowest BCUT2D eigenvalue weighted by molar-refractivity contribution is 0.0922. The maximum absolute atomic E-state index is 12.1. The average molecular weight is 234 g/mol. The van der Waals surface area contributed by atoms with Crippen LogP contribution in [0.5, 0.6) is 11.5 Å². The molecule has 92 valence electrons. The smallest absolute Gasteiger partial charge is 0.165 e. The minimum Gasteiger partial charge on any atom is -0.486 e. The number of hydrogen-bond donors (Lipinski definition) is 0. The number of benzene rings is 1. The molecule has 0 aromatic heterocycles. The maximum atomic E-state index is 12.1. The van der Waals surface area contributed by atoms with Gasteiger partial charge in [0.15, 0.2) is 17.3 Å². The monoisotopic (exact) mass is 234 g/mol. The van der Waals surface area contributed by atoms with Crippen LogP contribution in [0.2, 0.25) is 0 Å². The first-order valence-electron chi connectivity index (χ1n) is 6.16. The van der Waals surface area contributed by atoms with Gasteiger partial charge >= 0.3 is 0 Å². The molecule has 3 heteroatoms. The topological polar surface area (TPSA) is 35.5 Å². The van der Waals surface area contributed by atoms with Crippen molar-refractivity contribution in [3.05, 3.63) is 23.8 Å². The van der Waals surface area contributed by atoms with Crippen LogP contribution in [-0.4, -0.2) is 19.0 Å². The molecule has 0 N–H and O–H groups in total. The van der Waals surface area contributed by atoms with E-state index in [1.165, 1.54) is 0 Å². The number of rotatable bonds is 4. The first-order chi connectivity index (χ1) is 8.22. The highest BCUT2D eigenvalue weighted by Gasteiger charge is 2.18. The van der Waals surface area contributed by atoms with Crippen LogP contribution in [0.1, 0.15) is 37.0 Å². The Bertz CT molecular complexity index is 412. The number of carbonyl (C=O) groups is 1. The Morgan fingerprint density at radius 3 is 2.71 bits per heavy atom. The van der Waals surface area contributed by atoms with E-state index in [-0.39, 0.29) is 11.7 Å². The van der Waals surface area contributed by atoms with Crippen molar-refractivity contribution < 1.29 is 14.3 Å². The van der Waals surface area contributed by atoms with E-state index in [9.17, 15) is 4.79 Å². The minimum absolute atomic E-state index is 0.0718. The Morgan fingerprint density at radius 2 is 2.00 bits per heavy atom. The standard InChI is InChI=1S/C14H18O3/c1-3-4-10(2)14(15)11-5-6-12-13(9-11)17-8-7-16-12/h5-6,9-10H,3-4,7-8H2,1-2H3. The molecule has 0 fully saturated rings. The molecule has 1 aromatic carbocycles. The lowest BCUT2D eigenvalue weighted by atomic mass is 9.95. The number of ether oxygens (including phenoxy) is 2. The van der Waals surface area contributed by atoms with Crippen LogP contribution in [0.4, 0.5) is 0 Å². The van der Waals surface area contributed by atoms with Crippen LogP contribution in [0, 0.1) is 5.92 Å². The van der Waals surface area contributed by atoms with Crippen LogP contribution in [-0.2, 0) is 0 Å². The molecule has 0 aliphatic carbocycles. The van der Waals surface area contributed by atoms with Crippen molar-refractivity contribution in [3.63, 3.8) is 0 Å². The molecule has 0 amide bonds. The number of carbonyl (C=O) groups excluding carboxylic acids is 1. The van der Waals surface area contributed by atoms with Gasteiger partial charge in [0.2, 0.25) is 0 Å². The van der Waals surface area contributed by atoms with E-state index in [0.29, 0.717) is 19.0 Å². The van der Waals surface area contributed by atoms with Crippen LogP contribution >= 0.6 is 0 Å². The highest BCUT2D eigenvalue weighted by Crippen LogP contribution is 2.31. The number of Topliss-reactive ketones (excluding diaryl/α,β-unsaturated/α-hetero) is 1. The van der Waals surface area contributed by atoms with Crippen molar-refractivity contribution in [2.24, 2.45) is 5.92 Å². The zero-order chi connectivity index (χ0) is 12.3. The first kappa shape index (κ1) is 12.0. The van der Waals surface area contributed by atoms with Gasteiger partial charge in [-0.3, -0.25) is 4.79 Å². The molecule has 1 heterocycles. The SMILES string of the molecule is CCCC(C)C(=O)c1ccc2c(c1)OCCO2. The third-order valence-electron chi connectivity index (χ3n) is 3.00. The predicted molar refractivity (Wildman–Crippen MR) is 65.8 cm³/mol. The Labute approximate surface area is 102 Å². The Hall–Kier alpha value is -1.51. The summed E-state index contributed by atoms with van der Waals surface area (Å²) in [5, 5.41) is 0. The largest absolute Gasteiger partial charge is 0.486 e. The molecule has 1 aromatic rings.